The van der Waals surface area contributed by atoms with Gasteiger partial charge in [0.2, 0.25) is 0 Å². The molecule has 10 heteroatoms. The monoisotopic (exact) mass is 368 g/mol. The van der Waals surface area contributed by atoms with Crippen molar-refractivity contribution in [2.24, 2.45) is 0 Å². The summed E-state index contributed by atoms with van der Waals surface area (Å²) in [6.07, 6.45) is 0. The highest BCUT2D eigenvalue weighted by atomic mass is 32.2. The SMILES string of the molecule is O=S(=O)(O)C(F)(F)F.Oc1ccc(Sc2ccc(O)cc2)cc1. The average Bonchev–Trinajstić information content (AvgIpc) is 2.42. The number of phenolic OH excluding ortho intramolecular Hbond substituents is 2. The molecule has 0 aliphatic carbocycles. The van der Waals surface area contributed by atoms with Gasteiger partial charge in [0.15, 0.2) is 0 Å². The lowest BCUT2D eigenvalue weighted by Gasteiger charge is -2.01. The van der Waals surface area contributed by atoms with Gasteiger partial charge >= 0.3 is 15.6 Å². The number of rotatable bonds is 2. The maximum absolute atomic E-state index is 10.7. The van der Waals surface area contributed by atoms with Gasteiger partial charge in [0, 0.05) is 9.79 Å². The van der Waals surface area contributed by atoms with Crippen LogP contribution in [0.3, 0.4) is 0 Å². The number of phenols is 2. The number of benzene rings is 2. The molecule has 2 aromatic rings. The van der Waals surface area contributed by atoms with Gasteiger partial charge in [0.1, 0.15) is 11.5 Å². The lowest BCUT2D eigenvalue weighted by atomic mass is 10.3. The van der Waals surface area contributed by atoms with Gasteiger partial charge in [-0.1, -0.05) is 11.8 Å². The molecule has 2 rings (SSSR count). The molecule has 0 aromatic heterocycles. The van der Waals surface area contributed by atoms with Crippen molar-refractivity contribution in [3.05, 3.63) is 48.5 Å². The van der Waals surface area contributed by atoms with Crippen molar-refractivity contribution >= 4 is 21.9 Å². The normalized spacial score (nSPS) is 11.5. The minimum atomic E-state index is -5.84. The van der Waals surface area contributed by atoms with Gasteiger partial charge in [0.25, 0.3) is 0 Å². The molecule has 0 amide bonds. The Balaban J connectivity index is 0.000000284. The molecule has 2 aromatic carbocycles. The highest BCUT2D eigenvalue weighted by Gasteiger charge is 2.44. The van der Waals surface area contributed by atoms with Crippen LogP contribution in [0.1, 0.15) is 0 Å². The third-order valence-corrected chi connectivity index (χ3v) is 3.80. The van der Waals surface area contributed by atoms with E-state index < -0.39 is 15.6 Å². The molecule has 0 heterocycles. The Morgan fingerprint density at radius 2 is 1.04 bits per heavy atom. The molecule has 0 atom stereocenters. The summed E-state index contributed by atoms with van der Waals surface area (Å²) in [4.78, 5) is 2.11. The third kappa shape index (κ3) is 6.80. The van der Waals surface area contributed by atoms with Crippen molar-refractivity contribution in [3.8, 4) is 11.5 Å². The van der Waals surface area contributed by atoms with Crippen LogP contribution in [0.15, 0.2) is 58.3 Å². The van der Waals surface area contributed by atoms with Gasteiger partial charge in [-0.15, -0.1) is 0 Å². The van der Waals surface area contributed by atoms with Gasteiger partial charge in [-0.25, -0.2) is 0 Å². The fourth-order valence-corrected chi connectivity index (χ4v) is 1.98. The Morgan fingerprint density at radius 1 is 0.783 bits per heavy atom. The molecule has 0 saturated carbocycles. The molecule has 0 fully saturated rings. The Hall–Kier alpha value is -1.91. The van der Waals surface area contributed by atoms with Gasteiger partial charge < -0.3 is 10.2 Å². The van der Waals surface area contributed by atoms with E-state index in [-0.39, 0.29) is 11.5 Å². The van der Waals surface area contributed by atoms with Crippen molar-refractivity contribution < 1.29 is 36.4 Å². The van der Waals surface area contributed by atoms with Crippen molar-refractivity contribution in [1.82, 2.24) is 0 Å². The summed E-state index contributed by atoms with van der Waals surface area (Å²) in [6, 6.07) is 14.0. The van der Waals surface area contributed by atoms with Gasteiger partial charge in [-0.2, -0.15) is 21.6 Å². The highest BCUT2D eigenvalue weighted by Crippen LogP contribution is 2.29. The van der Waals surface area contributed by atoms with E-state index in [1.54, 1.807) is 36.0 Å². The maximum Gasteiger partial charge on any atom is 0.522 e. The molecule has 3 N–H and O–H groups in total. The van der Waals surface area contributed by atoms with Crippen molar-refractivity contribution in [3.63, 3.8) is 0 Å². The summed E-state index contributed by atoms with van der Waals surface area (Å²) in [5, 5.41) is 18.2. The Kier molecular flexibility index (Phi) is 6.30. The minimum absolute atomic E-state index is 0.269. The molecule has 0 aliphatic rings. The van der Waals surface area contributed by atoms with Crippen LogP contribution >= 0.6 is 11.8 Å². The summed E-state index contributed by atoms with van der Waals surface area (Å²) in [5.74, 6) is 0.537. The van der Waals surface area contributed by atoms with Crippen LogP contribution in [-0.4, -0.2) is 28.7 Å². The van der Waals surface area contributed by atoms with Crippen molar-refractivity contribution in [2.75, 3.05) is 0 Å². The van der Waals surface area contributed by atoms with Crippen LogP contribution in [0.5, 0.6) is 11.5 Å². The summed E-state index contributed by atoms with van der Waals surface area (Å²) in [5.41, 5.74) is -5.53. The van der Waals surface area contributed by atoms with Crippen molar-refractivity contribution in [2.45, 2.75) is 15.3 Å². The second-order valence-electron chi connectivity index (χ2n) is 4.01. The minimum Gasteiger partial charge on any atom is -0.508 e. The van der Waals surface area contributed by atoms with Gasteiger partial charge in [0.05, 0.1) is 0 Å². The molecular weight excluding hydrogens is 357 g/mol. The van der Waals surface area contributed by atoms with E-state index in [4.69, 9.17) is 23.2 Å². The molecule has 0 aliphatic heterocycles. The van der Waals surface area contributed by atoms with E-state index in [0.29, 0.717) is 0 Å². The molecule has 0 spiro atoms. The summed E-state index contributed by atoms with van der Waals surface area (Å²) in [6.45, 7) is 0. The fraction of sp³-hybridized carbons (Fsp3) is 0.0769. The zero-order chi connectivity index (χ0) is 17.7. The molecule has 5 nitrogen and oxygen atoms in total. The second-order valence-corrected chi connectivity index (χ2v) is 6.57. The van der Waals surface area contributed by atoms with Crippen LogP contribution in [0.4, 0.5) is 13.2 Å². The first-order valence-corrected chi connectivity index (χ1v) is 8.04. The van der Waals surface area contributed by atoms with Crippen LogP contribution in [0.25, 0.3) is 0 Å². The quantitative estimate of drug-likeness (QED) is 0.553. The molecular formula is C13H11F3O5S2. The molecule has 0 saturated heterocycles. The predicted octanol–water partition coefficient (Wildman–Crippen LogP) is 3.64. The predicted molar refractivity (Wildman–Crippen MR) is 77.9 cm³/mol. The first-order chi connectivity index (χ1) is 10.5. The number of halogens is 3. The molecule has 0 unspecified atom stereocenters. The summed E-state index contributed by atoms with van der Waals surface area (Å²) >= 11 is 1.58. The summed E-state index contributed by atoms with van der Waals surface area (Å²) in [7, 11) is -5.84. The Bertz CT molecular complexity index is 682. The lowest BCUT2D eigenvalue weighted by Crippen LogP contribution is -2.21. The fourth-order valence-electron chi connectivity index (χ4n) is 1.16. The lowest BCUT2D eigenvalue weighted by molar-refractivity contribution is -0.0510. The first-order valence-electron chi connectivity index (χ1n) is 5.79. The summed E-state index contributed by atoms with van der Waals surface area (Å²) < 4.78 is 57.5. The van der Waals surface area contributed by atoms with E-state index in [0.717, 1.165) is 9.79 Å². The maximum atomic E-state index is 10.7. The topological polar surface area (TPSA) is 94.8 Å². The van der Waals surface area contributed by atoms with Crippen LogP contribution in [0.2, 0.25) is 0 Å². The van der Waals surface area contributed by atoms with Crippen LogP contribution < -0.4 is 0 Å². The standard InChI is InChI=1S/C12H10O2S.CHF3O3S/c13-9-1-5-11(6-2-9)15-12-7-3-10(14)4-8-12;2-1(3,4)8(5,6)7/h1-8,13-14H;(H,5,6,7). The number of alkyl halides is 3. The molecule has 0 radical (unpaired) electrons. The molecule has 126 valence electrons. The third-order valence-electron chi connectivity index (χ3n) is 2.20. The zero-order valence-corrected chi connectivity index (χ0v) is 12.9. The molecule has 23 heavy (non-hydrogen) atoms. The van der Waals surface area contributed by atoms with Crippen LogP contribution in [0, 0.1) is 0 Å². The largest absolute Gasteiger partial charge is 0.522 e. The highest BCUT2D eigenvalue weighted by molar-refractivity contribution is 7.99. The zero-order valence-electron chi connectivity index (χ0n) is 11.2. The Morgan fingerprint density at radius 3 is 1.26 bits per heavy atom. The van der Waals surface area contributed by atoms with Crippen molar-refractivity contribution in [1.29, 1.82) is 0 Å². The molecule has 0 bridgehead atoms. The van der Waals surface area contributed by atoms with E-state index in [1.807, 2.05) is 24.3 Å². The Labute approximate surface area is 134 Å². The van der Waals surface area contributed by atoms with E-state index >= 15 is 0 Å². The first kappa shape index (κ1) is 19.1. The number of hydrogen-bond donors (Lipinski definition) is 3. The smallest absolute Gasteiger partial charge is 0.508 e. The van der Waals surface area contributed by atoms with Gasteiger partial charge in [-0.05, 0) is 48.5 Å². The van der Waals surface area contributed by atoms with E-state index in [1.165, 1.54) is 0 Å². The average molecular weight is 368 g/mol. The van der Waals surface area contributed by atoms with Gasteiger partial charge in [-0.3, -0.25) is 4.55 Å². The second kappa shape index (κ2) is 7.57. The van der Waals surface area contributed by atoms with E-state index in [9.17, 15) is 13.2 Å². The van der Waals surface area contributed by atoms with Crippen LogP contribution in [-0.2, 0) is 10.1 Å². The number of hydrogen-bond acceptors (Lipinski definition) is 5. The number of aromatic hydroxyl groups is 2. The van der Waals surface area contributed by atoms with E-state index in [2.05, 4.69) is 0 Å².